The smallest absolute Gasteiger partial charge is 0.481 e. The summed E-state index contributed by atoms with van der Waals surface area (Å²) in [4.78, 5) is 30.0. The van der Waals surface area contributed by atoms with Crippen LogP contribution in [0.5, 0.6) is 5.75 Å². The lowest BCUT2D eigenvalue weighted by Crippen LogP contribution is -2.42. The normalized spacial score (nSPS) is 22.3. The highest BCUT2D eigenvalue weighted by molar-refractivity contribution is 5.94. The van der Waals surface area contributed by atoms with Gasteiger partial charge in [-0.1, -0.05) is 32.9 Å². The standard InChI is InChI=1S/C30H36F3N3O5/c1-29(2,3)21-8-12-23(13-9-21)36-25(19-4-6-20(7-5-19)27(39)34-17-16-26(37)38)18-40-28(36)35-22-10-14-24(15-11-22)41-30(31,32)33/h4-7,10-11,14-15,21,23,25H,8-9,12-13,16-18H2,1-3H3,(H,34,39)(H,37,38). The van der Waals surface area contributed by atoms with Crippen molar-refractivity contribution in [2.24, 2.45) is 16.3 Å². The average molecular weight is 576 g/mol. The molecule has 2 fully saturated rings. The van der Waals surface area contributed by atoms with Gasteiger partial charge in [0.1, 0.15) is 12.4 Å². The Hall–Kier alpha value is -3.76. The van der Waals surface area contributed by atoms with Gasteiger partial charge in [0.15, 0.2) is 0 Å². The second-order valence-corrected chi connectivity index (χ2v) is 11.6. The van der Waals surface area contributed by atoms with Crippen molar-refractivity contribution >= 4 is 23.6 Å². The van der Waals surface area contributed by atoms with E-state index in [1.165, 1.54) is 24.3 Å². The maximum absolute atomic E-state index is 12.6. The molecule has 2 aromatic rings. The molecule has 11 heteroatoms. The van der Waals surface area contributed by atoms with Gasteiger partial charge in [-0.3, -0.25) is 9.59 Å². The molecule has 0 radical (unpaired) electrons. The Morgan fingerprint density at radius 3 is 2.22 bits per heavy atom. The summed E-state index contributed by atoms with van der Waals surface area (Å²) in [6, 6.07) is 12.9. The van der Waals surface area contributed by atoms with Gasteiger partial charge >= 0.3 is 12.3 Å². The number of carboxylic acids is 1. The summed E-state index contributed by atoms with van der Waals surface area (Å²) < 4.78 is 47.7. The van der Waals surface area contributed by atoms with Crippen molar-refractivity contribution in [1.29, 1.82) is 0 Å². The van der Waals surface area contributed by atoms with Crippen LogP contribution in [0, 0.1) is 11.3 Å². The third-order valence-corrected chi connectivity index (χ3v) is 7.72. The predicted octanol–water partition coefficient (Wildman–Crippen LogP) is 6.46. The monoisotopic (exact) mass is 575 g/mol. The SMILES string of the molecule is CC(C)(C)C1CCC(N2C(=Nc3ccc(OC(F)(F)F)cc3)OCC2c2ccc(C(=O)NCCC(=O)O)cc2)CC1. The molecule has 1 aliphatic heterocycles. The molecule has 8 nitrogen and oxygen atoms in total. The highest BCUT2D eigenvalue weighted by Crippen LogP contribution is 2.42. The van der Waals surface area contributed by atoms with Crippen molar-refractivity contribution < 1.29 is 37.3 Å². The Morgan fingerprint density at radius 2 is 1.66 bits per heavy atom. The topological polar surface area (TPSA) is 100 Å². The van der Waals surface area contributed by atoms with E-state index >= 15 is 0 Å². The van der Waals surface area contributed by atoms with Crippen molar-refractivity contribution in [2.45, 2.75) is 71.3 Å². The third-order valence-electron chi connectivity index (χ3n) is 7.72. The molecule has 2 N–H and O–H groups in total. The fourth-order valence-corrected chi connectivity index (χ4v) is 5.49. The molecule has 1 unspecified atom stereocenters. The Bertz CT molecular complexity index is 1230. The van der Waals surface area contributed by atoms with E-state index in [2.05, 4.69) is 40.7 Å². The van der Waals surface area contributed by atoms with E-state index in [9.17, 15) is 22.8 Å². The molecule has 4 rings (SSSR count). The lowest BCUT2D eigenvalue weighted by atomic mass is 9.71. The average Bonchev–Trinajstić information content (AvgIpc) is 3.31. The number of halogens is 3. The molecule has 1 atom stereocenters. The number of hydrogen-bond acceptors (Lipinski definition) is 5. The summed E-state index contributed by atoms with van der Waals surface area (Å²) >= 11 is 0. The quantitative estimate of drug-likeness (QED) is 0.375. The van der Waals surface area contributed by atoms with Crippen LogP contribution in [0.25, 0.3) is 0 Å². The van der Waals surface area contributed by atoms with Crippen LogP contribution < -0.4 is 10.1 Å². The minimum Gasteiger partial charge on any atom is -0.481 e. The van der Waals surface area contributed by atoms with Gasteiger partial charge in [-0.2, -0.15) is 4.99 Å². The molecule has 2 aliphatic rings. The number of amides is 1. The number of hydrogen-bond donors (Lipinski definition) is 2. The minimum absolute atomic E-state index is 0.0422. The van der Waals surface area contributed by atoms with Crippen LogP contribution in [-0.2, 0) is 9.53 Å². The van der Waals surface area contributed by atoms with Gasteiger partial charge in [0.25, 0.3) is 11.9 Å². The van der Waals surface area contributed by atoms with Gasteiger partial charge < -0.3 is 24.8 Å². The van der Waals surface area contributed by atoms with Crippen LogP contribution in [0.1, 0.15) is 74.8 Å². The lowest BCUT2D eigenvalue weighted by Gasteiger charge is -2.41. The molecule has 1 saturated carbocycles. The van der Waals surface area contributed by atoms with E-state index in [4.69, 9.17) is 9.84 Å². The number of benzene rings is 2. The fraction of sp³-hybridized carbons (Fsp3) is 0.500. The number of ether oxygens (including phenoxy) is 2. The lowest BCUT2D eigenvalue weighted by molar-refractivity contribution is -0.274. The first kappa shape index (κ1) is 30.2. The molecule has 2 aromatic carbocycles. The molecule has 1 aliphatic carbocycles. The highest BCUT2D eigenvalue weighted by Gasteiger charge is 2.41. The van der Waals surface area contributed by atoms with E-state index in [1.807, 2.05) is 12.1 Å². The first-order valence-electron chi connectivity index (χ1n) is 13.8. The molecule has 1 saturated heterocycles. The van der Waals surface area contributed by atoms with Gasteiger partial charge in [0.05, 0.1) is 18.2 Å². The highest BCUT2D eigenvalue weighted by atomic mass is 19.4. The van der Waals surface area contributed by atoms with Crippen LogP contribution >= 0.6 is 0 Å². The van der Waals surface area contributed by atoms with Crippen molar-refractivity contribution in [3.8, 4) is 5.75 Å². The molecule has 41 heavy (non-hydrogen) atoms. The Labute approximate surface area is 237 Å². The molecule has 222 valence electrons. The maximum Gasteiger partial charge on any atom is 0.573 e. The number of nitrogens with zero attached hydrogens (tertiary/aromatic N) is 2. The number of amidine groups is 1. The first-order chi connectivity index (χ1) is 19.3. The zero-order valence-electron chi connectivity index (χ0n) is 23.4. The van der Waals surface area contributed by atoms with Crippen molar-refractivity contribution in [1.82, 2.24) is 10.2 Å². The van der Waals surface area contributed by atoms with Gasteiger partial charge in [-0.25, -0.2) is 0 Å². The van der Waals surface area contributed by atoms with Gasteiger partial charge in [-0.15, -0.1) is 13.2 Å². The summed E-state index contributed by atoms with van der Waals surface area (Å²) in [5.41, 5.74) is 2.01. The van der Waals surface area contributed by atoms with E-state index in [0.717, 1.165) is 31.2 Å². The van der Waals surface area contributed by atoms with Crippen LogP contribution in [-0.4, -0.2) is 53.5 Å². The van der Waals surface area contributed by atoms with Gasteiger partial charge in [0.2, 0.25) is 0 Å². The molecule has 1 amide bonds. The van der Waals surface area contributed by atoms with E-state index in [-0.39, 0.29) is 42.1 Å². The Balaban J connectivity index is 1.55. The number of carbonyl (C=O) groups is 2. The zero-order valence-corrected chi connectivity index (χ0v) is 23.4. The van der Waals surface area contributed by atoms with Crippen LogP contribution in [0.4, 0.5) is 18.9 Å². The van der Waals surface area contributed by atoms with Crippen LogP contribution in [0.2, 0.25) is 0 Å². The second-order valence-electron chi connectivity index (χ2n) is 11.6. The van der Waals surface area contributed by atoms with E-state index in [1.54, 1.807) is 12.1 Å². The van der Waals surface area contributed by atoms with Gasteiger partial charge in [-0.05, 0) is 79.0 Å². The van der Waals surface area contributed by atoms with E-state index < -0.39 is 12.3 Å². The van der Waals surface area contributed by atoms with E-state index in [0.29, 0.717) is 29.8 Å². The first-order valence-corrected chi connectivity index (χ1v) is 13.8. The summed E-state index contributed by atoms with van der Waals surface area (Å²) in [7, 11) is 0. The number of alkyl halides is 3. The number of carboxylic acid groups (broad SMARTS) is 1. The second kappa shape index (κ2) is 12.4. The Morgan fingerprint density at radius 1 is 1.02 bits per heavy atom. The van der Waals surface area contributed by atoms with Gasteiger partial charge in [0, 0.05) is 18.2 Å². The number of aliphatic carboxylic acids is 1. The number of nitrogens with one attached hydrogen (secondary N) is 1. The summed E-state index contributed by atoms with van der Waals surface area (Å²) in [5, 5.41) is 11.4. The number of rotatable bonds is 8. The zero-order chi connectivity index (χ0) is 29.8. The van der Waals surface area contributed by atoms with Crippen molar-refractivity contribution in [3.63, 3.8) is 0 Å². The molecule has 1 heterocycles. The summed E-state index contributed by atoms with van der Waals surface area (Å²) in [5.74, 6) is -1.06. The van der Waals surface area contributed by atoms with Crippen molar-refractivity contribution in [3.05, 3.63) is 59.7 Å². The predicted molar refractivity (Wildman–Crippen MR) is 147 cm³/mol. The number of carbonyl (C=O) groups excluding carboxylic acids is 1. The minimum atomic E-state index is -4.77. The molecular formula is C30H36F3N3O5. The van der Waals surface area contributed by atoms with Crippen molar-refractivity contribution in [2.75, 3.05) is 13.2 Å². The van der Waals surface area contributed by atoms with Crippen LogP contribution in [0.15, 0.2) is 53.5 Å². The summed E-state index contributed by atoms with van der Waals surface area (Å²) in [6.07, 6.45) is -0.915. The molecule has 0 bridgehead atoms. The molecule has 0 spiro atoms. The summed E-state index contributed by atoms with van der Waals surface area (Å²) in [6.45, 7) is 7.16. The number of aliphatic imine (C=N–C) groups is 1. The fourth-order valence-electron chi connectivity index (χ4n) is 5.49. The maximum atomic E-state index is 12.6. The largest absolute Gasteiger partial charge is 0.573 e. The molecule has 0 aromatic heterocycles. The van der Waals surface area contributed by atoms with Crippen LogP contribution in [0.3, 0.4) is 0 Å². The Kier molecular flexibility index (Phi) is 9.14. The third kappa shape index (κ3) is 8.14. The molecular weight excluding hydrogens is 539 g/mol.